The predicted octanol–water partition coefficient (Wildman–Crippen LogP) is 6.24. The number of nitrogens with two attached hydrogens (primary N) is 1. The summed E-state index contributed by atoms with van der Waals surface area (Å²) in [6.45, 7) is 1.52. The van der Waals surface area contributed by atoms with Crippen LogP contribution in [0.4, 0.5) is 13.2 Å². The molecule has 0 spiro atoms. The van der Waals surface area contributed by atoms with Gasteiger partial charge in [0.1, 0.15) is 17.7 Å². The van der Waals surface area contributed by atoms with Crippen LogP contribution in [0.15, 0.2) is 57.9 Å². The Kier molecular flexibility index (Phi) is 8.13. The summed E-state index contributed by atoms with van der Waals surface area (Å²) in [6.07, 6.45) is 8.34. The van der Waals surface area contributed by atoms with Gasteiger partial charge < -0.3 is 10.5 Å². The third-order valence-corrected chi connectivity index (χ3v) is 6.40. The molecule has 2 heterocycles. The number of alkyl halides is 2. The van der Waals surface area contributed by atoms with Crippen molar-refractivity contribution in [1.82, 2.24) is 14.8 Å². The van der Waals surface area contributed by atoms with Crippen LogP contribution in [0, 0.1) is 18.7 Å². The van der Waals surface area contributed by atoms with E-state index in [1.54, 1.807) is 32.3 Å². The summed E-state index contributed by atoms with van der Waals surface area (Å²) in [6, 6.07) is 5.92. The van der Waals surface area contributed by atoms with Gasteiger partial charge in [-0.25, -0.2) is 9.38 Å². The number of aryl methyl sites for hydroxylation is 1. The van der Waals surface area contributed by atoms with E-state index >= 15 is 0 Å². The molecule has 6 nitrogen and oxygen atoms in total. The molecular weight excluding hydrogens is 535 g/mol. The normalized spacial score (nSPS) is 15.4. The van der Waals surface area contributed by atoms with Crippen molar-refractivity contribution >= 4 is 27.8 Å². The second-order valence-corrected chi connectivity index (χ2v) is 9.83. The van der Waals surface area contributed by atoms with Crippen LogP contribution in [0.5, 0.6) is 5.75 Å². The summed E-state index contributed by atoms with van der Waals surface area (Å²) in [7, 11) is 0. The highest BCUT2D eigenvalue weighted by Gasteiger charge is 2.22. The lowest BCUT2D eigenvalue weighted by molar-refractivity contribution is 0.160. The Morgan fingerprint density at radius 2 is 2.08 bits per heavy atom. The van der Waals surface area contributed by atoms with E-state index in [-0.39, 0.29) is 12.1 Å². The Hall–Kier alpha value is -3.14. The number of nitrogens with zero attached hydrogens (tertiary/aromatic N) is 4. The minimum absolute atomic E-state index is 0.212. The number of hydrogen-bond acceptors (Lipinski definition) is 5. The van der Waals surface area contributed by atoms with Crippen LogP contribution < -0.4 is 10.5 Å². The summed E-state index contributed by atoms with van der Waals surface area (Å²) in [5, 5.41) is 4.38. The van der Waals surface area contributed by atoms with Gasteiger partial charge in [-0.05, 0) is 83.9 Å². The largest absolute Gasteiger partial charge is 0.484 e. The van der Waals surface area contributed by atoms with Gasteiger partial charge >= 0.3 is 6.55 Å². The summed E-state index contributed by atoms with van der Waals surface area (Å²) < 4.78 is 48.9. The number of halogens is 4. The minimum atomic E-state index is -2.88. The summed E-state index contributed by atoms with van der Waals surface area (Å²) in [4.78, 5) is 7.54. The molecule has 3 aromatic rings. The van der Waals surface area contributed by atoms with E-state index in [0.29, 0.717) is 34.1 Å². The van der Waals surface area contributed by atoms with Gasteiger partial charge in [0.15, 0.2) is 0 Å². The maximum absolute atomic E-state index is 14.3. The predicted molar refractivity (Wildman–Crippen MR) is 136 cm³/mol. The molecule has 1 aliphatic rings. The van der Waals surface area contributed by atoms with Gasteiger partial charge in [-0.15, -0.1) is 0 Å². The molecule has 0 radical (unpaired) electrons. The Bertz CT molecular complexity index is 1290. The highest BCUT2D eigenvalue weighted by Crippen LogP contribution is 2.32. The fraction of sp³-hybridized carbons (Fsp3) is 0.346. The van der Waals surface area contributed by atoms with E-state index in [9.17, 15) is 13.2 Å². The van der Waals surface area contributed by atoms with Crippen LogP contribution in [-0.2, 0) is 13.0 Å². The number of hydrogen-bond donors (Lipinski definition) is 1. The summed E-state index contributed by atoms with van der Waals surface area (Å²) >= 11 is 3.38. The molecule has 1 atom stereocenters. The van der Waals surface area contributed by atoms with Crippen molar-refractivity contribution in [2.45, 2.75) is 52.3 Å². The maximum atomic E-state index is 14.3. The number of rotatable bonds is 10. The molecule has 1 aliphatic carbocycles. The lowest BCUT2D eigenvalue weighted by Gasteiger charge is -2.21. The number of aliphatic imine (C=N–C) groups is 1. The van der Waals surface area contributed by atoms with Crippen molar-refractivity contribution < 1.29 is 17.9 Å². The Morgan fingerprint density at radius 3 is 2.81 bits per heavy atom. The van der Waals surface area contributed by atoms with Gasteiger partial charge in [0.2, 0.25) is 0 Å². The van der Waals surface area contributed by atoms with Gasteiger partial charge in [0.05, 0.1) is 11.9 Å². The zero-order valence-electron chi connectivity index (χ0n) is 20.0. The Labute approximate surface area is 216 Å². The number of aromatic nitrogens is 3. The first-order valence-electron chi connectivity index (χ1n) is 11.6. The average molecular weight is 562 g/mol. The zero-order chi connectivity index (χ0) is 25.8. The Morgan fingerprint density at radius 1 is 1.31 bits per heavy atom. The maximum Gasteiger partial charge on any atom is 0.331 e. The zero-order valence-corrected chi connectivity index (χ0v) is 21.6. The van der Waals surface area contributed by atoms with Gasteiger partial charge in [0.25, 0.3) is 0 Å². The number of allylic oxidation sites excluding steroid dienone is 1. The standard InChI is InChI=1S/C26H27BrF3N5O/c1-15-24(8-20(27)12-32-15)36-16(2)23-9-21(28)5-6-22(23)25(31)19(11-33-26(29)30)7-18-10-34-35(14-18)13-17-3-4-17/h5-6,8-12,14,16-17,26H,3-4,7,13,31H2,1-2H3/t16-/m1/s1. The highest BCUT2D eigenvalue weighted by molar-refractivity contribution is 9.10. The lowest BCUT2D eigenvalue weighted by Crippen LogP contribution is -2.13. The van der Waals surface area contributed by atoms with Crippen molar-refractivity contribution in [2.75, 3.05) is 0 Å². The third-order valence-electron chi connectivity index (χ3n) is 5.97. The molecule has 0 amide bonds. The van der Waals surface area contributed by atoms with E-state index in [4.69, 9.17) is 10.5 Å². The van der Waals surface area contributed by atoms with Crippen LogP contribution in [0.25, 0.3) is 5.70 Å². The lowest BCUT2D eigenvalue weighted by atomic mass is 9.96. The number of benzene rings is 1. The number of pyridine rings is 1. The first-order valence-corrected chi connectivity index (χ1v) is 12.4. The first-order chi connectivity index (χ1) is 17.2. The van der Waals surface area contributed by atoms with Crippen molar-refractivity contribution in [3.63, 3.8) is 0 Å². The van der Waals surface area contributed by atoms with E-state index in [1.807, 2.05) is 10.9 Å². The second kappa shape index (κ2) is 11.3. The SMILES string of the molecule is Cc1ncc(Br)cc1O[C@H](C)c1cc(F)ccc1C(N)=C(C=NC(F)F)Cc1cnn(CC2CC2)c1. The molecule has 1 fully saturated rings. The quantitative estimate of drug-likeness (QED) is 0.234. The van der Waals surface area contributed by atoms with Gasteiger partial charge in [-0.3, -0.25) is 9.67 Å². The molecule has 0 saturated heterocycles. The Balaban J connectivity index is 1.68. The molecule has 0 unspecified atom stereocenters. The molecule has 0 aliphatic heterocycles. The fourth-order valence-corrected chi connectivity index (χ4v) is 4.20. The molecule has 1 saturated carbocycles. The fourth-order valence-electron chi connectivity index (χ4n) is 3.89. The first kappa shape index (κ1) is 25.9. The van der Waals surface area contributed by atoms with Gasteiger partial charge in [-0.1, -0.05) is 0 Å². The molecule has 10 heteroatoms. The second-order valence-electron chi connectivity index (χ2n) is 8.91. The smallest absolute Gasteiger partial charge is 0.331 e. The van der Waals surface area contributed by atoms with E-state index in [2.05, 4.69) is 31.0 Å². The van der Waals surface area contributed by atoms with Crippen LogP contribution in [-0.4, -0.2) is 27.5 Å². The van der Waals surface area contributed by atoms with Crippen LogP contribution in [0.2, 0.25) is 0 Å². The molecule has 0 bridgehead atoms. The summed E-state index contributed by atoms with van der Waals surface area (Å²) in [5.74, 6) is 0.702. The third kappa shape index (κ3) is 6.75. The van der Waals surface area contributed by atoms with E-state index in [0.717, 1.165) is 22.8 Å². The molecule has 2 aromatic heterocycles. The molecule has 2 N–H and O–H groups in total. The number of ether oxygens (including phenoxy) is 1. The molecular formula is C26H27BrF3N5O. The monoisotopic (exact) mass is 561 g/mol. The van der Waals surface area contributed by atoms with Crippen LogP contribution in [0.1, 0.15) is 48.3 Å². The van der Waals surface area contributed by atoms with E-state index in [1.165, 1.54) is 31.0 Å². The summed E-state index contributed by atoms with van der Waals surface area (Å²) in [5.41, 5.74) is 9.55. The van der Waals surface area contributed by atoms with E-state index < -0.39 is 18.5 Å². The van der Waals surface area contributed by atoms with Crippen molar-refractivity contribution in [3.8, 4) is 5.75 Å². The highest BCUT2D eigenvalue weighted by atomic mass is 79.9. The van der Waals surface area contributed by atoms with Crippen LogP contribution in [0.3, 0.4) is 0 Å². The average Bonchev–Trinajstić information content (AvgIpc) is 3.54. The van der Waals surface area contributed by atoms with Gasteiger partial charge in [0, 0.05) is 52.9 Å². The topological polar surface area (TPSA) is 78.3 Å². The van der Waals surface area contributed by atoms with Crippen molar-refractivity contribution in [3.05, 3.63) is 81.1 Å². The molecule has 36 heavy (non-hydrogen) atoms. The molecule has 1 aromatic carbocycles. The van der Waals surface area contributed by atoms with Crippen molar-refractivity contribution in [1.29, 1.82) is 0 Å². The molecule has 4 rings (SSSR count). The van der Waals surface area contributed by atoms with Gasteiger partial charge in [-0.2, -0.15) is 13.9 Å². The van der Waals surface area contributed by atoms with Crippen LogP contribution >= 0.6 is 15.9 Å². The minimum Gasteiger partial charge on any atom is -0.484 e. The van der Waals surface area contributed by atoms with Crippen molar-refractivity contribution in [2.24, 2.45) is 16.6 Å². The molecule has 190 valence electrons.